The number of nitrogens with zero attached hydrogens (tertiary/aromatic N) is 3. The summed E-state index contributed by atoms with van der Waals surface area (Å²) in [5.41, 5.74) is 2.89. The Morgan fingerprint density at radius 2 is 1.68 bits per heavy atom. The second-order valence-electron chi connectivity index (χ2n) is 7.12. The van der Waals surface area contributed by atoms with Crippen LogP contribution >= 0.6 is 11.6 Å². The van der Waals surface area contributed by atoms with Crippen LogP contribution in [0, 0.1) is 6.92 Å². The third kappa shape index (κ3) is 3.91. The standard InChI is InChI=1S/C21H22ClN3O2S/c1-16-6-8-19(9-7-16)28(26,27)25-12-10-24(11-13-25)15-18-14-17-4-2-3-5-20(17)23-21(18)22/h2-9,14H,10-13,15H2,1H3. The molecule has 0 radical (unpaired) electrons. The number of halogens is 1. The monoisotopic (exact) mass is 415 g/mol. The van der Waals surface area contributed by atoms with Crippen molar-refractivity contribution in [2.45, 2.75) is 18.4 Å². The number of pyridine rings is 1. The summed E-state index contributed by atoms with van der Waals surface area (Å²) in [4.78, 5) is 7.05. The number of benzene rings is 2. The van der Waals surface area contributed by atoms with Gasteiger partial charge in [-0.25, -0.2) is 13.4 Å². The maximum absolute atomic E-state index is 12.8. The van der Waals surface area contributed by atoms with Crippen LogP contribution in [0.2, 0.25) is 5.15 Å². The first-order valence-corrected chi connectivity index (χ1v) is 11.1. The van der Waals surface area contributed by atoms with Gasteiger partial charge in [-0.15, -0.1) is 0 Å². The number of para-hydroxylation sites is 1. The van der Waals surface area contributed by atoms with Crippen LogP contribution in [0.3, 0.4) is 0 Å². The van der Waals surface area contributed by atoms with Crippen LogP contribution in [-0.2, 0) is 16.6 Å². The van der Waals surface area contributed by atoms with Crippen molar-refractivity contribution in [2.75, 3.05) is 26.2 Å². The van der Waals surface area contributed by atoms with E-state index in [0.717, 1.165) is 22.0 Å². The summed E-state index contributed by atoms with van der Waals surface area (Å²) in [6, 6.07) is 17.0. The van der Waals surface area contributed by atoms with Crippen molar-refractivity contribution < 1.29 is 8.42 Å². The van der Waals surface area contributed by atoms with Gasteiger partial charge in [0.25, 0.3) is 0 Å². The molecule has 7 heteroatoms. The fraction of sp³-hybridized carbons (Fsp3) is 0.286. The van der Waals surface area contributed by atoms with Crippen molar-refractivity contribution in [1.29, 1.82) is 0 Å². The number of hydrogen-bond acceptors (Lipinski definition) is 4. The lowest BCUT2D eigenvalue weighted by molar-refractivity contribution is 0.181. The minimum atomic E-state index is -3.44. The van der Waals surface area contributed by atoms with Crippen molar-refractivity contribution in [2.24, 2.45) is 0 Å². The highest BCUT2D eigenvalue weighted by atomic mass is 35.5. The molecule has 1 fully saturated rings. The zero-order valence-electron chi connectivity index (χ0n) is 15.7. The normalized spacial score (nSPS) is 16.5. The van der Waals surface area contributed by atoms with Gasteiger partial charge in [-0.05, 0) is 31.2 Å². The van der Waals surface area contributed by atoms with Crippen LogP contribution in [0.15, 0.2) is 59.5 Å². The van der Waals surface area contributed by atoms with Crippen molar-refractivity contribution in [3.63, 3.8) is 0 Å². The van der Waals surface area contributed by atoms with Gasteiger partial charge in [-0.1, -0.05) is 47.5 Å². The number of sulfonamides is 1. The average molecular weight is 416 g/mol. The van der Waals surface area contributed by atoms with Gasteiger partial charge in [-0.2, -0.15) is 4.31 Å². The SMILES string of the molecule is Cc1ccc(S(=O)(=O)N2CCN(Cc3cc4ccccc4nc3Cl)CC2)cc1. The fourth-order valence-electron chi connectivity index (χ4n) is 3.48. The predicted molar refractivity (Wildman–Crippen MR) is 112 cm³/mol. The topological polar surface area (TPSA) is 53.5 Å². The van der Waals surface area contributed by atoms with Gasteiger partial charge in [0, 0.05) is 43.7 Å². The molecule has 0 saturated carbocycles. The van der Waals surface area contributed by atoms with E-state index in [1.807, 2.05) is 43.3 Å². The van der Waals surface area contributed by atoms with Gasteiger partial charge >= 0.3 is 0 Å². The van der Waals surface area contributed by atoms with Crippen LogP contribution in [0.25, 0.3) is 10.9 Å². The molecule has 5 nitrogen and oxygen atoms in total. The van der Waals surface area contributed by atoms with E-state index in [-0.39, 0.29) is 0 Å². The highest BCUT2D eigenvalue weighted by Crippen LogP contribution is 2.23. The Bertz CT molecular complexity index is 1090. The predicted octanol–water partition coefficient (Wildman–Crippen LogP) is 3.70. The van der Waals surface area contributed by atoms with E-state index in [4.69, 9.17) is 11.6 Å². The van der Waals surface area contributed by atoms with E-state index in [9.17, 15) is 8.42 Å². The highest BCUT2D eigenvalue weighted by molar-refractivity contribution is 7.89. The number of piperazine rings is 1. The summed E-state index contributed by atoms with van der Waals surface area (Å²) in [5, 5.41) is 1.57. The summed E-state index contributed by atoms with van der Waals surface area (Å²) in [6.07, 6.45) is 0. The quantitative estimate of drug-likeness (QED) is 0.609. The lowest BCUT2D eigenvalue weighted by atomic mass is 10.1. The molecule has 0 bridgehead atoms. The van der Waals surface area contributed by atoms with Crippen LogP contribution in [0.1, 0.15) is 11.1 Å². The molecule has 28 heavy (non-hydrogen) atoms. The van der Waals surface area contributed by atoms with E-state index in [1.54, 1.807) is 16.4 Å². The summed E-state index contributed by atoms with van der Waals surface area (Å²) in [6.45, 7) is 4.86. The van der Waals surface area contributed by atoms with Crippen LogP contribution in [0.4, 0.5) is 0 Å². The highest BCUT2D eigenvalue weighted by Gasteiger charge is 2.28. The summed E-state index contributed by atoms with van der Waals surface area (Å²) < 4.78 is 27.2. The number of aromatic nitrogens is 1. The van der Waals surface area contributed by atoms with Crippen molar-refractivity contribution in [1.82, 2.24) is 14.2 Å². The second kappa shape index (κ2) is 7.79. The Hall–Kier alpha value is -1.99. The van der Waals surface area contributed by atoms with Crippen LogP contribution < -0.4 is 0 Å². The molecule has 1 saturated heterocycles. The molecule has 0 aliphatic carbocycles. The second-order valence-corrected chi connectivity index (χ2v) is 9.42. The van der Waals surface area contributed by atoms with Gasteiger partial charge in [0.1, 0.15) is 5.15 Å². The Balaban J connectivity index is 1.44. The van der Waals surface area contributed by atoms with Crippen LogP contribution in [0.5, 0.6) is 0 Å². The lowest BCUT2D eigenvalue weighted by Crippen LogP contribution is -2.48. The Morgan fingerprint density at radius 1 is 1.00 bits per heavy atom. The zero-order chi connectivity index (χ0) is 19.7. The van der Waals surface area contributed by atoms with Crippen LogP contribution in [-0.4, -0.2) is 48.8 Å². The van der Waals surface area contributed by atoms with E-state index < -0.39 is 10.0 Å². The summed E-state index contributed by atoms with van der Waals surface area (Å²) in [5.74, 6) is 0. The molecular formula is C21H22ClN3O2S. The van der Waals surface area contributed by atoms with Crippen molar-refractivity contribution in [3.8, 4) is 0 Å². The molecule has 4 rings (SSSR count). The van der Waals surface area contributed by atoms with Gasteiger partial charge in [0.15, 0.2) is 0 Å². The average Bonchev–Trinajstić information content (AvgIpc) is 2.69. The molecule has 1 aliphatic rings. The molecule has 2 heterocycles. The van der Waals surface area contributed by atoms with Gasteiger partial charge in [-0.3, -0.25) is 4.90 Å². The number of rotatable bonds is 4. The van der Waals surface area contributed by atoms with E-state index in [2.05, 4.69) is 16.0 Å². The first-order chi connectivity index (χ1) is 13.4. The number of hydrogen-bond donors (Lipinski definition) is 0. The van der Waals surface area contributed by atoms with E-state index in [0.29, 0.717) is 42.8 Å². The minimum Gasteiger partial charge on any atom is -0.296 e. The fourth-order valence-corrected chi connectivity index (χ4v) is 5.10. The maximum Gasteiger partial charge on any atom is 0.243 e. The molecule has 146 valence electrons. The smallest absolute Gasteiger partial charge is 0.243 e. The molecule has 0 unspecified atom stereocenters. The lowest BCUT2D eigenvalue weighted by Gasteiger charge is -2.34. The molecule has 1 aliphatic heterocycles. The number of aryl methyl sites for hydroxylation is 1. The molecule has 1 aromatic heterocycles. The Morgan fingerprint density at radius 3 is 2.39 bits per heavy atom. The third-order valence-corrected chi connectivity index (χ3v) is 7.37. The Kier molecular flexibility index (Phi) is 5.38. The molecule has 0 N–H and O–H groups in total. The van der Waals surface area contributed by atoms with Gasteiger partial charge in [0.05, 0.1) is 10.4 Å². The molecule has 0 atom stereocenters. The van der Waals surface area contributed by atoms with E-state index in [1.165, 1.54) is 0 Å². The molecule has 2 aromatic carbocycles. The van der Waals surface area contributed by atoms with E-state index >= 15 is 0 Å². The largest absolute Gasteiger partial charge is 0.296 e. The molecular weight excluding hydrogens is 394 g/mol. The number of fused-ring (bicyclic) bond motifs is 1. The third-order valence-electron chi connectivity index (χ3n) is 5.13. The van der Waals surface area contributed by atoms with Crippen molar-refractivity contribution in [3.05, 3.63) is 70.9 Å². The molecule has 0 spiro atoms. The molecule has 0 amide bonds. The molecule has 3 aromatic rings. The zero-order valence-corrected chi connectivity index (χ0v) is 17.2. The Labute approximate surface area is 170 Å². The van der Waals surface area contributed by atoms with Gasteiger partial charge < -0.3 is 0 Å². The summed E-state index contributed by atoms with van der Waals surface area (Å²) in [7, 11) is -3.44. The first-order valence-electron chi connectivity index (χ1n) is 9.27. The minimum absolute atomic E-state index is 0.355. The maximum atomic E-state index is 12.8. The summed E-state index contributed by atoms with van der Waals surface area (Å²) >= 11 is 6.37. The van der Waals surface area contributed by atoms with Crippen molar-refractivity contribution >= 4 is 32.5 Å². The first kappa shape index (κ1) is 19.3. The van der Waals surface area contributed by atoms with Gasteiger partial charge in [0.2, 0.25) is 10.0 Å².